The maximum Gasteiger partial charge on any atom is 0.189 e. The maximum absolute atomic E-state index is 12.1. The van der Waals surface area contributed by atoms with E-state index in [1.807, 2.05) is 24.3 Å². The molecule has 0 aliphatic rings. The van der Waals surface area contributed by atoms with E-state index in [2.05, 4.69) is 0 Å². The molecule has 0 bridgehead atoms. The van der Waals surface area contributed by atoms with Gasteiger partial charge >= 0.3 is 0 Å². The summed E-state index contributed by atoms with van der Waals surface area (Å²) in [5.41, 5.74) is 1.47. The minimum absolute atomic E-state index is 0.0904. The molecule has 3 heteroatoms. The predicted octanol–water partition coefficient (Wildman–Crippen LogP) is 4.24. The molecule has 2 nitrogen and oxygen atoms in total. The zero-order valence-corrected chi connectivity index (χ0v) is 11.2. The Bertz CT molecular complexity index is 600. The van der Waals surface area contributed by atoms with Crippen LogP contribution in [0.25, 0.3) is 6.08 Å². The van der Waals surface area contributed by atoms with Crippen LogP contribution >= 0.6 is 11.6 Å². The summed E-state index contributed by atoms with van der Waals surface area (Å²) < 4.78 is 5.16. The summed E-state index contributed by atoms with van der Waals surface area (Å²) in [4.78, 5) is 12.1. The predicted molar refractivity (Wildman–Crippen MR) is 77.8 cm³/mol. The number of halogens is 1. The minimum Gasteiger partial charge on any atom is -0.496 e. The molecular formula is C16H13ClO2. The molecule has 2 aromatic rings. The third-order valence-electron chi connectivity index (χ3n) is 2.67. The number of allylic oxidation sites excluding steroid dienone is 1. The van der Waals surface area contributed by atoms with Crippen molar-refractivity contribution in [1.82, 2.24) is 0 Å². The fourth-order valence-electron chi connectivity index (χ4n) is 1.68. The summed E-state index contributed by atoms with van der Waals surface area (Å²) in [5.74, 6) is 0.487. The van der Waals surface area contributed by atoms with Crippen molar-refractivity contribution in [3.8, 4) is 5.75 Å². The number of rotatable bonds is 4. The van der Waals surface area contributed by atoms with E-state index in [9.17, 15) is 4.79 Å². The molecule has 2 rings (SSSR count). The van der Waals surface area contributed by atoms with Crippen molar-refractivity contribution in [2.75, 3.05) is 7.11 Å². The van der Waals surface area contributed by atoms with E-state index in [1.54, 1.807) is 37.5 Å². The molecular weight excluding hydrogens is 260 g/mol. The molecule has 0 heterocycles. The number of carbonyl (C=O) groups is 1. The van der Waals surface area contributed by atoms with Crippen molar-refractivity contribution in [2.24, 2.45) is 0 Å². The molecule has 0 aliphatic carbocycles. The molecule has 0 atom stereocenters. The maximum atomic E-state index is 12.1. The first-order chi connectivity index (χ1) is 9.20. The van der Waals surface area contributed by atoms with Crippen molar-refractivity contribution >= 4 is 23.5 Å². The van der Waals surface area contributed by atoms with Crippen LogP contribution in [0, 0.1) is 0 Å². The Kier molecular flexibility index (Phi) is 4.37. The molecule has 0 saturated carbocycles. The third-order valence-corrected chi connectivity index (χ3v) is 2.92. The molecule has 0 unspecified atom stereocenters. The first-order valence-corrected chi connectivity index (χ1v) is 6.19. The summed E-state index contributed by atoms with van der Waals surface area (Å²) in [6, 6.07) is 14.4. The van der Waals surface area contributed by atoms with Crippen LogP contribution in [0.1, 0.15) is 15.9 Å². The lowest BCUT2D eigenvalue weighted by Crippen LogP contribution is -1.98. The number of carbonyl (C=O) groups excluding carboxylic acids is 1. The van der Waals surface area contributed by atoms with Gasteiger partial charge in [-0.1, -0.05) is 41.9 Å². The summed E-state index contributed by atoms with van der Waals surface area (Å²) in [7, 11) is 1.55. The first kappa shape index (κ1) is 13.4. The van der Waals surface area contributed by atoms with E-state index in [0.717, 1.165) is 5.56 Å². The monoisotopic (exact) mass is 272 g/mol. The number of hydrogen-bond donors (Lipinski definition) is 0. The standard InChI is InChI=1S/C16H13ClO2/c1-19-16-5-3-2-4-14(16)15(18)11-8-12-6-9-13(17)10-7-12/h2-11H,1H3. The van der Waals surface area contributed by atoms with Crippen LogP contribution in [-0.2, 0) is 0 Å². The van der Waals surface area contributed by atoms with Gasteiger partial charge in [0.25, 0.3) is 0 Å². The summed E-state index contributed by atoms with van der Waals surface area (Å²) in [5, 5.41) is 0.674. The van der Waals surface area contributed by atoms with Gasteiger partial charge in [-0.05, 0) is 35.9 Å². The number of ketones is 1. The van der Waals surface area contributed by atoms with Gasteiger partial charge < -0.3 is 4.74 Å². The molecule has 0 radical (unpaired) electrons. The Labute approximate surface area is 117 Å². The van der Waals surface area contributed by atoms with Gasteiger partial charge in [-0.15, -0.1) is 0 Å². The van der Waals surface area contributed by atoms with Crippen LogP contribution in [-0.4, -0.2) is 12.9 Å². The highest BCUT2D eigenvalue weighted by Crippen LogP contribution is 2.19. The molecule has 0 aliphatic heterocycles. The van der Waals surface area contributed by atoms with Gasteiger partial charge in [-0.3, -0.25) is 4.79 Å². The van der Waals surface area contributed by atoms with Crippen molar-refractivity contribution in [2.45, 2.75) is 0 Å². The molecule has 96 valence electrons. The SMILES string of the molecule is COc1ccccc1C(=O)C=Cc1ccc(Cl)cc1. The molecule has 0 fully saturated rings. The number of para-hydroxylation sites is 1. The normalized spacial score (nSPS) is 10.6. The Balaban J connectivity index is 2.19. The van der Waals surface area contributed by atoms with E-state index in [4.69, 9.17) is 16.3 Å². The highest BCUT2D eigenvalue weighted by molar-refractivity contribution is 6.30. The molecule has 0 saturated heterocycles. The minimum atomic E-state index is -0.0904. The number of hydrogen-bond acceptors (Lipinski definition) is 2. The van der Waals surface area contributed by atoms with Crippen LogP contribution < -0.4 is 4.74 Å². The lowest BCUT2D eigenvalue weighted by molar-refractivity contribution is 0.104. The fourth-order valence-corrected chi connectivity index (χ4v) is 1.81. The summed E-state index contributed by atoms with van der Waals surface area (Å²) in [6.07, 6.45) is 3.28. The summed E-state index contributed by atoms with van der Waals surface area (Å²) in [6.45, 7) is 0. The van der Waals surface area contributed by atoms with Crippen molar-refractivity contribution in [3.63, 3.8) is 0 Å². The number of ether oxygens (including phenoxy) is 1. The van der Waals surface area contributed by atoms with Gasteiger partial charge in [0.2, 0.25) is 0 Å². The molecule has 19 heavy (non-hydrogen) atoms. The molecule has 0 amide bonds. The van der Waals surface area contributed by atoms with Crippen molar-refractivity contribution in [1.29, 1.82) is 0 Å². The van der Waals surface area contributed by atoms with Crippen LogP contribution in [0.4, 0.5) is 0 Å². The molecule has 0 N–H and O–H groups in total. The number of benzene rings is 2. The van der Waals surface area contributed by atoms with E-state index in [0.29, 0.717) is 16.3 Å². The summed E-state index contributed by atoms with van der Waals surface area (Å²) >= 11 is 5.80. The van der Waals surface area contributed by atoms with Gasteiger partial charge in [0.1, 0.15) is 5.75 Å². The van der Waals surface area contributed by atoms with Gasteiger partial charge in [0, 0.05) is 5.02 Å². The molecule has 2 aromatic carbocycles. The second kappa shape index (κ2) is 6.21. The Hall–Kier alpha value is -2.06. The lowest BCUT2D eigenvalue weighted by Gasteiger charge is -2.04. The van der Waals surface area contributed by atoms with E-state index in [-0.39, 0.29) is 5.78 Å². The van der Waals surface area contributed by atoms with Crippen LogP contribution in [0.15, 0.2) is 54.6 Å². The Morgan fingerprint density at radius 2 is 1.79 bits per heavy atom. The van der Waals surface area contributed by atoms with Crippen LogP contribution in [0.3, 0.4) is 0 Å². The highest BCUT2D eigenvalue weighted by atomic mass is 35.5. The van der Waals surface area contributed by atoms with Gasteiger partial charge in [-0.2, -0.15) is 0 Å². The average molecular weight is 273 g/mol. The quantitative estimate of drug-likeness (QED) is 0.614. The third kappa shape index (κ3) is 3.46. The first-order valence-electron chi connectivity index (χ1n) is 5.81. The smallest absolute Gasteiger partial charge is 0.189 e. The highest BCUT2D eigenvalue weighted by Gasteiger charge is 2.07. The largest absolute Gasteiger partial charge is 0.496 e. The zero-order chi connectivity index (χ0) is 13.7. The van der Waals surface area contributed by atoms with Crippen molar-refractivity contribution in [3.05, 3.63) is 70.8 Å². The zero-order valence-electron chi connectivity index (χ0n) is 10.5. The molecule has 0 aromatic heterocycles. The van der Waals surface area contributed by atoms with Crippen LogP contribution in [0.2, 0.25) is 5.02 Å². The average Bonchev–Trinajstić information content (AvgIpc) is 2.46. The van der Waals surface area contributed by atoms with E-state index in [1.165, 1.54) is 6.08 Å². The van der Waals surface area contributed by atoms with E-state index < -0.39 is 0 Å². The Morgan fingerprint density at radius 1 is 1.11 bits per heavy atom. The molecule has 0 spiro atoms. The lowest BCUT2D eigenvalue weighted by atomic mass is 10.1. The van der Waals surface area contributed by atoms with Gasteiger partial charge in [0.15, 0.2) is 5.78 Å². The fraction of sp³-hybridized carbons (Fsp3) is 0.0625. The van der Waals surface area contributed by atoms with Gasteiger partial charge in [0.05, 0.1) is 12.7 Å². The van der Waals surface area contributed by atoms with Gasteiger partial charge in [-0.25, -0.2) is 0 Å². The Morgan fingerprint density at radius 3 is 2.47 bits per heavy atom. The second-order valence-corrected chi connectivity index (χ2v) is 4.39. The number of methoxy groups -OCH3 is 1. The second-order valence-electron chi connectivity index (χ2n) is 3.95. The van der Waals surface area contributed by atoms with E-state index >= 15 is 0 Å². The van der Waals surface area contributed by atoms with Crippen molar-refractivity contribution < 1.29 is 9.53 Å². The van der Waals surface area contributed by atoms with Crippen LogP contribution in [0.5, 0.6) is 5.75 Å². The topological polar surface area (TPSA) is 26.3 Å².